The van der Waals surface area contributed by atoms with E-state index in [1.165, 1.54) is 23.5 Å². The third-order valence-electron chi connectivity index (χ3n) is 4.49. The van der Waals surface area contributed by atoms with Gasteiger partial charge >= 0.3 is 0 Å². The van der Waals surface area contributed by atoms with Crippen molar-refractivity contribution in [3.8, 4) is 5.69 Å². The van der Waals surface area contributed by atoms with Gasteiger partial charge in [0, 0.05) is 5.39 Å². The Labute approximate surface area is 160 Å². The van der Waals surface area contributed by atoms with Gasteiger partial charge < -0.3 is 5.32 Å². The topological polar surface area (TPSA) is 46.9 Å². The Bertz CT molecular complexity index is 1100. The highest BCUT2D eigenvalue weighted by Gasteiger charge is 2.18. The predicted molar refractivity (Wildman–Crippen MR) is 106 cm³/mol. The second-order valence-electron chi connectivity index (χ2n) is 6.41. The Morgan fingerprint density at radius 1 is 1.15 bits per heavy atom. The zero-order valence-corrected chi connectivity index (χ0v) is 15.8. The Kier molecular flexibility index (Phi) is 4.49. The van der Waals surface area contributed by atoms with Crippen LogP contribution in [-0.4, -0.2) is 15.7 Å². The molecular formula is C21H18FN3OS. The number of hydrogen-bond acceptors (Lipinski definition) is 3. The van der Waals surface area contributed by atoms with Crippen LogP contribution in [0, 0.1) is 12.7 Å². The Hall–Kier alpha value is -2.99. The number of benzene rings is 2. The lowest BCUT2D eigenvalue weighted by molar-refractivity contribution is 0.0944. The molecule has 2 aromatic carbocycles. The molecule has 4 nitrogen and oxygen atoms in total. The van der Waals surface area contributed by atoms with E-state index in [2.05, 4.69) is 10.4 Å². The van der Waals surface area contributed by atoms with Crippen molar-refractivity contribution >= 4 is 27.5 Å². The summed E-state index contributed by atoms with van der Waals surface area (Å²) in [5, 5.41) is 8.51. The monoisotopic (exact) mass is 379 g/mol. The van der Waals surface area contributed by atoms with Crippen molar-refractivity contribution in [3.63, 3.8) is 0 Å². The number of halogens is 1. The van der Waals surface area contributed by atoms with E-state index < -0.39 is 0 Å². The number of rotatable bonds is 4. The maximum atomic E-state index is 13.2. The van der Waals surface area contributed by atoms with Crippen molar-refractivity contribution in [1.82, 2.24) is 15.1 Å². The lowest BCUT2D eigenvalue weighted by Gasteiger charge is -2.13. The Morgan fingerprint density at radius 3 is 2.56 bits per heavy atom. The predicted octanol–water partition coefficient (Wildman–Crippen LogP) is 5.03. The number of thiophene rings is 1. The van der Waals surface area contributed by atoms with Crippen molar-refractivity contribution in [2.75, 3.05) is 0 Å². The van der Waals surface area contributed by atoms with Gasteiger partial charge in [0.2, 0.25) is 0 Å². The van der Waals surface area contributed by atoms with Crippen molar-refractivity contribution in [2.24, 2.45) is 0 Å². The van der Waals surface area contributed by atoms with Crippen LogP contribution in [0.15, 0.2) is 60.7 Å². The quantitative estimate of drug-likeness (QED) is 0.541. The second kappa shape index (κ2) is 6.96. The smallest absolute Gasteiger partial charge is 0.261 e. The molecule has 1 atom stereocenters. The summed E-state index contributed by atoms with van der Waals surface area (Å²) in [5.41, 5.74) is 2.65. The molecule has 0 spiro atoms. The fraction of sp³-hybridized carbons (Fsp3) is 0.143. The molecule has 0 radical (unpaired) electrons. The summed E-state index contributed by atoms with van der Waals surface area (Å²) in [6.45, 7) is 3.87. The molecule has 2 aromatic heterocycles. The van der Waals surface area contributed by atoms with Crippen LogP contribution in [0.5, 0.6) is 0 Å². The molecule has 4 rings (SSSR count). The number of nitrogens with one attached hydrogen (secondary N) is 1. The molecule has 0 unspecified atom stereocenters. The number of carbonyl (C=O) groups excluding carboxylic acids is 1. The van der Waals surface area contributed by atoms with E-state index in [9.17, 15) is 9.18 Å². The first-order valence-corrected chi connectivity index (χ1v) is 9.45. The number of aryl methyl sites for hydroxylation is 1. The molecule has 0 fully saturated rings. The van der Waals surface area contributed by atoms with Crippen LogP contribution < -0.4 is 5.32 Å². The van der Waals surface area contributed by atoms with E-state index in [1.54, 1.807) is 16.8 Å². The molecule has 2 heterocycles. The van der Waals surface area contributed by atoms with E-state index in [1.807, 2.05) is 50.2 Å². The molecule has 0 aliphatic carbocycles. The fourth-order valence-electron chi connectivity index (χ4n) is 3.01. The van der Waals surface area contributed by atoms with Crippen molar-refractivity contribution in [1.29, 1.82) is 0 Å². The van der Waals surface area contributed by atoms with Crippen LogP contribution in [-0.2, 0) is 0 Å². The summed E-state index contributed by atoms with van der Waals surface area (Å²) < 4.78 is 15.0. The minimum Gasteiger partial charge on any atom is -0.345 e. The number of fused-ring (bicyclic) bond motifs is 1. The lowest BCUT2D eigenvalue weighted by Crippen LogP contribution is -2.25. The van der Waals surface area contributed by atoms with E-state index in [0.29, 0.717) is 4.88 Å². The van der Waals surface area contributed by atoms with Gasteiger partial charge in [0.1, 0.15) is 10.6 Å². The van der Waals surface area contributed by atoms with Crippen LogP contribution >= 0.6 is 11.3 Å². The Morgan fingerprint density at radius 2 is 1.85 bits per heavy atom. The lowest BCUT2D eigenvalue weighted by atomic mass is 10.1. The van der Waals surface area contributed by atoms with Crippen LogP contribution in [0.2, 0.25) is 0 Å². The van der Waals surface area contributed by atoms with Gasteiger partial charge in [-0.2, -0.15) is 5.10 Å². The fourth-order valence-corrected chi connectivity index (χ4v) is 4.10. The van der Waals surface area contributed by atoms with Gasteiger partial charge in [-0.15, -0.1) is 11.3 Å². The number of hydrogen-bond donors (Lipinski definition) is 1. The standard InChI is InChI=1S/C21H18FN3OS/c1-13(15-6-4-3-5-7-15)23-20(26)19-12-18-14(2)24-25(21(18)27-19)17-10-8-16(22)9-11-17/h3-13H,1-2H3,(H,23,26)/t13-/m1/s1. The highest BCUT2D eigenvalue weighted by atomic mass is 32.1. The second-order valence-corrected chi connectivity index (χ2v) is 7.44. The van der Waals surface area contributed by atoms with Crippen LogP contribution in [0.3, 0.4) is 0 Å². The molecule has 1 amide bonds. The van der Waals surface area contributed by atoms with Crippen LogP contribution in [0.4, 0.5) is 4.39 Å². The number of amides is 1. The maximum Gasteiger partial charge on any atom is 0.261 e. The normalized spacial score (nSPS) is 12.3. The van der Waals surface area contributed by atoms with E-state index >= 15 is 0 Å². The Balaban J connectivity index is 1.64. The van der Waals surface area contributed by atoms with Gasteiger partial charge in [0.25, 0.3) is 5.91 Å². The molecule has 1 N–H and O–H groups in total. The van der Waals surface area contributed by atoms with Crippen molar-refractivity contribution in [3.05, 3.63) is 82.6 Å². The molecule has 0 bridgehead atoms. The van der Waals surface area contributed by atoms with Gasteiger partial charge in [-0.05, 0) is 49.7 Å². The average molecular weight is 379 g/mol. The summed E-state index contributed by atoms with van der Waals surface area (Å²) >= 11 is 1.38. The molecule has 136 valence electrons. The third kappa shape index (κ3) is 3.36. The van der Waals surface area contributed by atoms with Crippen molar-refractivity contribution < 1.29 is 9.18 Å². The maximum absolute atomic E-state index is 13.2. The van der Waals surface area contributed by atoms with E-state index in [0.717, 1.165) is 27.2 Å². The van der Waals surface area contributed by atoms with Gasteiger partial charge in [-0.3, -0.25) is 4.79 Å². The third-order valence-corrected chi connectivity index (χ3v) is 5.60. The van der Waals surface area contributed by atoms with Crippen LogP contribution in [0.1, 0.15) is 33.9 Å². The first-order chi connectivity index (χ1) is 13.0. The van der Waals surface area contributed by atoms with Crippen LogP contribution in [0.25, 0.3) is 15.9 Å². The number of carbonyl (C=O) groups is 1. The summed E-state index contributed by atoms with van der Waals surface area (Å²) in [5.74, 6) is -0.405. The summed E-state index contributed by atoms with van der Waals surface area (Å²) in [6.07, 6.45) is 0. The van der Waals surface area contributed by atoms with Gasteiger partial charge in [-0.25, -0.2) is 9.07 Å². The highest BCUT2D eigenvalue weighted by molar-refractivity contribution is 7.20. The minimum absolute atomic E-state index is 0.0846. The molecule has 6 heteroatoms. The number of aromatic nitrogens is 2. The van der Waals surface area contributed by atoms with Gasteiger partial charge in [0.05, 0.1) is 22.3 Å². The minimum atomic E-state index is -0.292. The molecule has 0 aliphatic heterocycles. The zero-order valence-electron chi connectivity index (χ0n) is 14.9. The summed E-state index contributed by atoms with van der Waals surface area (Å²) in [6, 6.07) is 17.8. The van der Waals surface area contributed by atoms with Gasteiger partial charge in [-0.1, -0.05) is 30.3 Å². The molecule has 0 saturated carbocycles. The van der Waals surface area contributed by atoms with E-state index in [4.69, 9.17) is 0 Å². The van der Waals surface area contributed by atoms with Gasteiger partial charge in [0.15, 0.2) is 0 Å². The molecule has 0 aliphatic rings. The zero-order chi connectivity index (χ0) is 19.0. The first kappa shape index (κ1) is 17.4. The summed E-state index contributed by atoms with van der Waals surface area (Å²) in [7, 11) is 0. The number of nitrogens with zero attached hydrogens (tertiary/aromatic N) is 2. The highest BCUT2D eigenvalue weighted by Crippen LogP contribution is 2.30. The van der Waals surface area contributed by atoms with E-state index in [-0.39, 0.29) is 17.8 Å². The molecular weight excluding hydrogens is 361 g/mol. The van der Waals surface area contributed by atoms with Crippen molar-refractivity contribution in [2.45, 2.75) is 19.9 Å². The average Bonchev–Trinajstić information content (AvgIpc) is 3.24. The first-order valence-electron chi connectivity index (χ1n) is 8.64. The SMILES string of the molecule is Cc1nn(-c2ccc(F)cc2)c2sc(C(=O)N[C@H](C)c3ccccc3)cc12. The summed E-state index contributed by atoms with van der Waals surface area (Å²) in [4.78, 5) is 14.2. The largest absolute Gasteiger partial charge is 0.345 e. The molecule has 4 aromatic rings. The molecule has 27 heavy (non-hydrogen) atoms. The molecule has 0 saturated heterocycles.